The van der Waals surface area contributed by atoms with Crippen molar-refractivity contribution in [1.82, 2.24) is 9.97 Å². The number of pyridine rings is 2. The second-order valence-corrected chi connectivity index (χ2v) is 10.7. The lowest BCUT2D eigenvalue weighted by molar-refractivity contribution is 1.32. The molecule has 0 fully saturated rings. The van der Waals surface area contributed by atoms with E-state index < -0.39 is 0 Å². The lowest BCUT2D eigenvalue weighted by Gasteiger charge is -2.12. The van der Waals surface area contributed by atoms with Gasteiger partial charge in [-0.05, 0) is 34.8 Å². The molecule has 0 aliphatic rings. The number of fused-ring (bicyclic) bond motifs is 3. The molecule has 0 radical (unpaired) electrons. The molecule has 0 amide bonds. The van der Waals surface area contributed by atoms with Crippen molar-refractivity contribution in [2.75, 3.05) is 11.5 Å². The molecule has 0 spiro atoms. The number of benzene rings is 3. The van der Waals surface area contributed by atoms with Gasteiger partial charge in [-0.25, -0.2) is 9.97 Å². The first kappa shape index (κ1) is 22.9. The normalized spacial score (nSPS) is 11.4. The van der Waals surface area contributed by atoms with Crippen molar-refractivity contribution in [3.8, 4) is 22.5 Å². The van der Waals surface area contributed by atoms with E-state index in [1.807, 2.05) is 23.5 Å². The zero-order chi connectivity index (χ0) is 23.3. The summed E-state index contributed by atoms with van der Waals surface area (Å²) < 4.78 is 0. The van der Waals surface area contributed by atoms with Gasteiger partial charge < -0.3 is 0 Å². The predicted octanol–water partition coefficient (Wildman–Crippen LogP) is 8.62. The van der Waals surface area contributed by atoms with E-state index in [0.717, 1.165) is 56.2 Å². The Morgan fingerprint density at radius 3 is 1.38 bits per heavy atom. The number of nitrogens with zero attached hydrogens (tertiary/aromatic N) is 2. The summed E-state index contributed by atoms with van der Waals surface area (Å²) >= 11 is 3.88. The van der Waals surface area contributed by atoms with E-state index in [4.69, 9.17) is 9.97 Å². The Kier molecular flexibility index (Phi) is 7.17. The molecule has 0 saturated carbocycles. The van der Waals surface area contributed by atoms with Crippen molar-refractivity contribution in [1.29, 1.82) is 0 Å². The number of hydrogen-bond donors (Lipinski definition) is 0. The van der Waals surface area contributed by atoms with Crippen LogP contribution in [0.2, 0.25) is 0 Å². The van der Waals surface area contributed by atoms with Gasteiger partial charge >= 0.3 is 0 Å². The molecule has 5 rings (SSSR count). The molecule has 2 nitrogen and oxygen atoms in total. The molecular formula is C30H28N2S2. The topological polar surface area (TPSA) is 25.8 Å². The summed E-state index contributed by atoms with van der Waals surface area (Å²) in [5, 5.41) is 2.24. The van der Waals surface area contributed by atoms with Gasteiger partial charge in [-0.1, -0.05) is 86.6 Å². The van der Waals surface area contributed by atoms with Crippen LogP contribution in [0.5, 0.6) is 0 Å². The second-order valence-electron chi connectivity index (χ2n) is 8.19. The maximum absolute atomic E-state index is 5.17. The molecular weight excluding hydrogens is 452 g/mol. The van der Waals surface area contributed by atoms with Gasteiger partial charge in [-0.3, -0.25) is 0 Å². The zero-order valence-electron chi connectivity index (χ0n) is 19.6. The van der Waals surface area contributed by atoms with Crippen LogP contribution in [0.1, 0.15) is 25.0 Å². The van der Waals surface area contributed by atoms with Gasteiger partial charge in [0, 0.05) is 33.4 Å². The van der Waals surface area contributed by atoms with E-state index in [2.05, 4.69) is 98.8 Å². The van der Waals surface area contributed by atoms with Crippen LogP contribution < -0.4 is 0 Å². The summed E-state index contributed by atoms with van der Waals surface area (Å²) in [6, 6.07) is 30.2. The molecule has 0 N–H and O–H groups in total. The van der Waals surface area contributed by atoms with Crippen LogP contribution in [-0.2, 0) is 11.5 Å². The van der Waals surface area contributed by atoms with Crippen molar-refractivity contribution >= 4 is 45.3 Å². The maximum Gasteiger partial charge on any atom is 0.0972 e. The van der Waals surface area contributed by atoms with E-state index in [0.29, 0.717) is 0 Å². The molecule has 170 valence electrons. The Bertz CT molecular complexity index is 1330. The maximum atomic E-state index is 5.17. The van der Waals surface area contributed by atoms with Crippen LogP contribution >= 0.6 is 23.5 Å². The highest BCUT2D eigenvalue weighted by molar-refractivity contribution is 7.98. The van der Waals surface area contributed by atoms with Crippen molar-refractivity contribution in [3.05, 3.63) is 96.1 Å². The summed E-state index contributed by atoms with van der Waals surface area (Å²) in [7, 11) is 0. The average Bonchev–Trinajstić information content (AvgIpc) is 2.90. The summed E-state index contributed by atoms with van der Waals surface area (Å²) in [6.07, 6.45) is 0. The highest BCUT2D eigenvalue weighted by Crippen LogP contribution is 2.32. The van der Waals surface area contributed by atoms with Crippen molar-refractivity contribution in [2.24, 2.45) is 0 Å². The van der Waals surface area contributed by atoms with Crippen LogP contribution in [0.3, 0.4) is 0 Å². The number of hydrogen-bond acceptors (Lipinski definition) is 4. The third-order valence-corrected chi connectivity index (χ3v) is 7.88. The third kappa shape index (κ3) is 4.70. The van der Waals surface area contributed by atoms with Gasteiger partial charge in [-0.2, -0.15) is 23.5 Å². The second kappa shape index (κ2) is 10.6. The van der Waals surface area contributed by atoms with E-state index in [1.165, 1.54) is 22.3 Å². The van der Waals surface area contributed by atoms with E-state index in [9.17, 15) is 0 Å². The standard InChI is InChI=1S/C30H28N2S2/c1-3-33-19-23-9-5-7-11-25(23)27-17-15-21-13-14-22-16-18-28(32-30(22)29(21)31-27)26-12-8-6-10-24(26)20-34-4-2/h5-18H,3-4,19-20H2,1-2H3. The Morgan fingerprint density at radius 1 is 0.529 bits per heavy atom. The summed E-state index contributed by atoms with van der Waals surface area (Å²) in [5.41, 5.74) is 9.04. The fraction of sp³-hybridized carbons (Fsp3) is 0.200. The minimum absolute atomic E-state index is 0.968. The molecule has 0 aliphatic carbocycles. The van der Waals surface area contributed by atoms with Crippen molar-refractivity contribution in [2.45, 2.75) is 25.4 Å². The first-order valence-corrected chi connectivity index (χ1v) is 14.1. The van der Waals surface area contributed by atoms with Gasteiger partial charge in [0.2, 0.25) is 0 Å². The predicted molar refractivity (Wildman–Crippen MR) is 152 cm³/mol. The molecule has 2 heterocycles. The summed E-state index contributed by atoms with van der Waals surface area (Å²) in [6.45, 7) is 4.41. The third-order valence-electron chi connectivity index (χ3n) is 6.03. The van der Waals surface area contributed by atoms with Gasteiger partial charge in [0.1, 0.15) is 0 Å². The first-order valence-electron chi connectivity index (χ1n) is 11.8. The Balaban J connectivity index is 1.65. The van der Waals surface area contributed by atoms with Crippen molar-refractivity contribution < 1.29 is 0 Å². The number of aromatic nitrogens is 2. The average molecular weight is 481 g/mol. The van der Waals surface area contributed by atoms with Crippen molar-refractivity contribution in [3.63, 3.8) is 0 Å². The van der Waals surface area contributed by atoms with Crippen LogP contribution in [0, 0.1) is 0 Å². The quantitative estimate of drug-likeness (QED) is 0.208. The fourth-order valence-corrected chi connectivity index (χ4v) is 5.64. The van der Waals surface area contributed by atoms with E-state index >= 15 is 0 Å². The minimum atomic E-state index is 0.968. The molecule has 2 aromatic heterocycles. The lowest BCUT2D eigenvalue weighted by Crippen LogP contribution is -1.94. The molecule has 34 heavy (non-hydrogen) atoms. The molecule has 0 aliphatic heterocycles. The van der Waals surface area contributed by atoms with Crippen LogP contribution in [0.25, 0.3) is 44.3 Å². The Hall–Kier alpha value is -2.82. The summed E-state index contributed by atoms with van der Waals surface area (Å²) in [4.78, 5) is 10.3. The van der Waals surface area contributed by atoms with E-state index in [1.54, 1.807) is 0 Å². The van der Waals surface area contributed by atoms with Crippen LogP contribution in [0.15, 0.2) is 84.9 Å². The monoisotopic (exact) mass is 480 g/mol. The number of rotatable bonds is 8. The lowest BCUT2D eigenvalue weighted by atomic mass is 10.0. The van der Waals surface area contributed by atoms with Crippen LogP contribution in [-0.4, -0.2) is 21.5 Å². The van der Waals surface area contributed by atoms with Gasteiger partial charge in [0.05, 0.1) is 22.4 Å². The summed E-state index contributed by atoms with van der Waals surface area (Å²) in [5.74, 6) is 4.21. The highest BCUT2D eigenvalue weighted by Gasteiger charge is 2.12. The Morgan fingerprint density at radius 2 is 0.941 bits per heavy atom. The minimum Gasteiger partial charge on any atom is -0.245 e. The first-order chi connectivity index (χ1) is 16.8. The molecule has 0 atom stereocenters. The molecule has 0 saturated heterocycles. The fourth-order valence-electron chi connectivity index (χ4n) is 4.28. The SMILES string of the molecule is CCSCc1ccccc1-c1ccc2ccc3ccc(-c4ccccc4CSCC)nc3c2n1. The zero-order valence-corrected chi connectivity index (χ0v) is 21.3. The molecule has 0 unspecified atom stereocenters. The molecule has 4 heteroatoms. The van der Waals surface area contributed by atoms with Gasteiger partial charge in [0.25, 0.3) is 0 Å². The highest BCUT2D eigenvalue weighted by atomic mass is 32.2. The molecule has 5 aromatic rings. The Labute approximate surface area is 210 Å². The van der Waals surface area contributed by atoms with Gasteiger partial charge in [-0.15, -0.1) is 0 Å². The van der Waals surface area contributed by atoms with Crippen LogP contribution in [0.4, 0.5) is 0 Å². The number of thioether (sulfide) groups is 2. The van der Waals surface area contributed by atoms with E-state index in [-0.39, 0.29) is 0 Å². The van der Waals surface area contributed by atoms with Gasteiger partial charge in [0.15, 0.2) is 0 Å². The largest absolute Gasteiger partial charge is 0.245 e. The molecule has 3 aromatic carbocycles. The smallest absolute Gasteiger partial charge is 0.0972 e. The molecule has 0 bridgehead atoms.